The molecular formula is C22H28N4O2. The normalized spacial score (nSPS) is 19.4. The smallest absolute Gasteiger partial charge is 0.240 e. The first-order valence-corrected chi connectivity index (χ1v) is 10.2. The van der Waals surface area contributed by atoms with E-state index < -0.39 is 0 Å². The molecule has 1 aromatic heterocycles. The number of aryl methyl sites for hydroxylation is 2. The molecular weight excluding hydrogens is 352 g/mol. The summed E-state index contributed by atoms with van der Waals surface area (Å²) in [5.41, 5.74) is 5.78. The van der Waals surface area contributed by atoms with Crippen molar-refractivity contribution in [3.05, 3.63) is 46.8 Å². The molecule has 6 heteroatoms. The number of hydrogen-bond acceptors (Lipinski definition) is 3. The summed E-state index contributed by atoms with van der Waals surface area (Å²) in [5, 5.41) is 7.78. The van der Waals surface area contributed by atoms with Crippen molar-refractivity contribution in [3.8, 4) is 5.69 Å². The van der Waals surface area contributed by atoms with Gasteiger partial charge in [-0.15, -0.1) is 0 Å². The predicted octanol–water partition coefficient (Wildman–Crippen LogP) is 3.00. The van der Waals surface area contributed by atoms with Crippen molar-refractivity contribution in [1.29, 1.82) is 0 Å². The van der Waals surface area contributed by atoms with Gasteiger partial charge in [0, 0.05) is 24.2 Å². The van der Waals surface area contributed by atoms with Crippen LogP contribution in [0.3, 0.4) is 0 Å². The number of carbonyl (C=O) groups is 2. The van der Waals surface area contributed by atoms with Crippen molar-refractivity contribution in [1.82, 2.24) is 20.0 Å². The zero-order valence-corrected chi connectivity index (χ0v) is 16.7. The molecule has 0 spiro atoms. The number of aromatic nitrogens is 2. The quantitative estimate of drug-likeness (QED) is 0.887. The fraction of sp³-hybridized carbons (Fsp3) is 0.500. The number of benzene rings is 1. The SMILES string of the molecule is Cc1cc(C)cc(-n2ncc3c2CCC[C@H]3NC(=O)CN2CCCCC2=O)c1. The second-order valence-electron chi connectivity index (χ2n) is 8.09. The molecule has 2 aliphatic rings. The van der Waals surface area contributed by atoms with Gasteiger partial charge in [0.05, 0.1) is 24.5 Å². The number of rotatable bonds is 4. The molecule has 1 atom stereocenters. The first-order chi connectivity index (χ1) is 13.5. The molecule has 6 nitrogen and oxygen atoms in total. The highest BCUT2D eigenvalue weighted by molar-refractivity contribution is 5.85. The van der Waals surface area contributed by atoms with Crippen LogP contribution in [0, 0.1) is 13.8 Å². The first kappa shape index (κ1) is 18.7. The summed E-state index contributed by atoms with van der Waals surface area (Å²) in [5.74, 6) is 0.0145. The average molecular weight is 380 g/mol. The van der Waals surface area contributed by atoms with E-state index in [1.807, 2.05) is 10.9 Å². The largest absolute Gasteiger partial charge is 0.348 e. The second-order valence-corrected chi connectivity index (χ2v) is 8.09. The van der Waals surface area contributed by atoms with E-state index in [1.165, 1.54) is 16.8 Å². The number of carbonyl (C=O) groups excluding carboxylic acids is 2. The van der Waals surface area contributed by atoms with Crippen LogP contribution in [0.4, 0.5) is 0 Å². The van der Waals surface area contributed by atoms with Gasteiger partial charge in [-0.3, -0.25) is 9.59 Å². The zero-order valence-electron chi connectivity index (χ0n) is 16.7. The molecule has 1 fully saturated rings. The minimum atomic E-state index is -0.0766. The number of nitrogens with one attached hydrogen (secondary N) is 1. The van der Waals surface area contributed by atoms with Crippen LogP contribution in [0.25, 0.3) is 5.69 Å². The van der Waals surface area contributed by atoms with E-state index in [9.17, 15) is 9.59 Å². The van der Waals surface area contributed by atoms with Crippen molar-refractivity contribution in [2.75, 3.05) is 13.1 Å². The highest BCUT2D eigenvalue weighted by Gasteiger charge is 2.27. The lowest BCUT2D eigenvalue weighted by molar-refractivity contribution is -0.138. The molecule has 1 saturated heterocycles. The fourth-order valence-electron chi connectivity index (χ4n) is 4.44. The van der Waals surface area contributed by atoms with Crippen LogP contribution in [0.2, 0.25) is 0 Å². The number of hydrogen-bond donors (Lipinski definition) is 1. The Balaban J connectivity index is 1.51. The lowest BCUT2D eigenvalue weighted by Gasteiger charge is -2.28. The third kappa shape index (κ3) is 3.81. The van der Waals surface area contributed by atoms with Gasteiger partial charge in [-0.25, -0.2) is 4.68 Å². The van der Waals surface area contributed by atoms with Gasteiger partial charge in [-0.05, 0) is 69.2 Å². The van der Waals surface area contributed by atoms with Crippen molar-refractivity contribution in [3.63, 3.8) is 0 Å². The second kappa shape index (κ2) is 7.78. The van der Waals surface area contributed by atoms with Crippen LogP contribution in [0.5, 0.6) is 0 Å². The Morgan fingerprint density at radius 2 is 1.93 bits per heavy atom. The number of likely N-dealkylation sites (tertiary alicyclic amines) is 1. The van der Waals surface area contributed by atoms with Gasteiger partial charge >= 0.3 is 0 Å². The molecule has 2 amide bonds. The van der Waals surface area contributed by atoms with Crippen LogP contribution in [0.1, 0.15) is 60.5 Å². The van der Waals surface area contributed by atoms with E-state index in [4.69, 9.17) is 0 Å². The molecule has 1 N–H and O–H groups in total. The van der Waals surface area contributed by atoms with Gasteiger partial charge in [0.2, 0.25) is 11.8 Å². The Bertz CT molecular complexity index is 882. The molecule has 2 heterocycles. The van der Waals surface area contributed by atoms with Gasteiger partial charge in [0.15, 0.2) is 0 Å². The maximum Gasteiger partial charge on any atom is 0.240 e. The zero-order chi connectivity index (χ0) is 19.7. The van der Waals surface area contributed by atoms with E-state index in [-0.39, 0.29) is 24.4 Å². The maximum atomic E-state index is 12.6. The standard InChI is InChI=1S/C22H28N4O2/c1-15-10-16(2)12-17(11-15)26-20-7-5-6-19(18(20)13-23-26)24-21(27)14-25-9-4-3-8-22(25)28/h10-13,19H,3-9,14H2,1-2H3,(H,24,27)/t19-/m1/s1. The summed E-state index contributed by atoms with van der Waals surface area (Å²) < 4.78 is 2.02. The minimum absolute atomic E-state index is 0.0317. The molecule has 148 valence electrons. The van der Waals surface area contributed by atoms with Gasteiger partial charge in [-0.1, -0.05) is 6.07 Å². The van der Waals surface area contributed by atoms with E-state index in [0.29, 0.717) is 13.0 Å². The Hall–Kier alpha value is -2.63. The molecule has 1 aliphatic heterocycles. The number of amides is 2. The highest BCUT2D eigenvalue weighted by atomic mass is 16.2. The van der Waals surface area contributed by atoms with Gasteiger partial charge < -0.3 is 10.2 Å². The first-order valence-electron chi connectivity index (χ1n) is 10.2. The summed E-state index contributed by atoms with van der Waals surface area (Å²) in [4.78, 5) is 26.2. The molecule has 2 aromatic rings. The Labute approximate surface area is 165 Å². The van der Waals surface area contributed by atoms with Crippen molar-refractivity contribution >= 4 is 11.8 Å². The minimum Gasteiger partial charge on any atom is -0.348 e. The Kier molecular flexibility index (Phi) is 5.20. The topological polar surface area (TPSA) is 67.2 Å². The summed E-state index contributed by atoms with van der Waals surface area (Å²) in [6.07, 6.45) is 7.24. The molecule has 28 heavy (non-hydrogen) atoms. The van der Waals surface area contributed by atoms with Crippen LogP contribution in [-0.2, 0) is 16.0 Å². The molecule has 0 unspecified atom stereocenters. The summed E-state index contributed by atoms with van der Waals surface area (Å²) >= 11 is 0. The lowest BCUT2D eigenvalue weighted by Crippen LogP contribution is -2.44. The molecule has 0 radical (unpaired) electrons. The number of piperidine rings is 1. The summed E-state index contributed by atoms with van der Waals surface area (Å²) in [6, 6.07) is 6.41. The number of nitrogens with zero attached hydrogens (tertiary/aromatic N) is 3. The van der Waals surface area contributed by atoms with E-state index in [1.54, 1.807) is 4.90 Å². The Morgan fingerprint density at radius 1 is 1.14 bits per heavy atom. The highest BCUT2D eigenvalue weighted by Crippen LogP contribution is 2.31. The fourth-order valence-corrected chi connectivity index (χ4v) is 4.44. The van der Waals surface area contributed by atoms with Crippen molar-refractivity contribution < 1.29 is 9.59 Å². The molecule has 0 bridgehead atoms. The molecule has 1 aromatic carbocycles. The van der Waals surface area contributed by atoms with E-state index >= 15 is 0 Å². The van der Waals surface area contributed by atoms with Crippen LogP contribution in [-0.4, -0.2) is 39.6 Å². The maximum absolute atomic E-state index is 12.6. The lowest BCUT2D eigenvalue weighted by atomic mass is 9.92. The molecule has 4 rings (SSSR count). The van der Waals surface area contributed by atoms with Crippen LogP contribution in [0.15, 0.2) is 24.4 Å². The predicted molar refractivity (Wildman–Crippen MR) is 107 cm³/mol. The van der Waals surface area contributed by atoms with Crippen molar-refractivity contribution in [2.24, 2.45) is 0 Å². The molecule has 1 aliphatic carbocycles. The number of fused-ring (bicyclic) bond motifs is 1. The Morgan fingerprint density at radius 3 is 2.68 bits per heavy atom. The van der Waals surface area contributed by atoms with Gasteiger partial charge in [0.1, 0.15) is 0 Å². The average Bonchev–Trinajstić information content (AvgIpc) is 3.08. The summed E-state index contributed by atoms with van der Waals surface area (Å²) in [7, 11) is 0. The summed E-state index contributed by atoms with van der Waals surface area (Å²) in [6.45, 7) is 5.04. The van der Waals surface area contributed by atoms with Crippen LogP contribution < -0.4 is 5.32 Å². The van der Waals surface area contributed by atoms with Gasteiger partial charge in [0.25, 0.3) is 0 Å². The monoisotopic (exact) mass is 380 g/mol. The third-order valence-corrected chi connectivity index (χ3v) is 5.73. The van der Waals surface area contributed by atoms with Gasteiger partial charge in [-0.2, -0.15) is 5.10 Å². The van der Waals surface area contributed by atoms with Crippen LogP contribution >= 0.6 is 0 Å². The van der Waals surface area contributed by atoms with E-state index in [2.05, 4.69) is 42.5 Å². The molecule has 0 saturated carbocycles. The van der Waals surface area contributed by atoms with E-state index in [0.717, 1.165) is 43.4 Å². The third-order valence-electron chi connectivity index (χ3n) is 5.73. The van der Waals surface area contributed by atoms with Crippen molar-refractivity contribution in [2.45, 2.75) is 58.4 Å².